The molecule has 0 saturated carbocycles. The molecule has 3 rings (SSSR count). The summed E-state index contributed by atoms with van der Waals surface area (Å²) in [5.74, 6) is -0.458. The number of hydrogen-bond donors (Lipinski definition) is 1. The van der Waals surface area contributed by atoms with Gasteiger partial charge in [0.2, 0.25) is 11.8 Å². The summed E-state index contributed by atoms with van der Waals surface area (Å²) in [5, 5.41) is 2.34. The Morgan fingerprint density at radius 2 is 1.86 bits per heavy atom. The molecule has 154 valence electrons. The van der Waals surface area contributed by atoms with Crippen molar-refractivity contribution in [2.75, 3.05) is 10.2 Å². The third-order valence-corrected chi connectivity index (χ3v) is 7.45. The number of rotatable bonds is 5. The molecule has 8 heteroatoms. The minimum atomic E-state index is -3.70. The van der Waals surface area contributed by atoms with Gasteiger partial charge in [0.25, 0.3) is 0 Å². The third kappa shape index (κ3) is 4.46. The summed E-state index contributed by atoms with van der Waals surface area (Å²) in [5.41, 5.74) is 2.13. The molecule has 1 N–H and O–H groups in total. The number of benzene rings is 2. The topological polar surface area (TPSA) is 83.6 Å². The second-order valence-electron chi connectivity index (χ2n) is 7.35. The highest BCUT2D eigenvalue weighted by atomic mass is 35.5. The summed E-state index contributed by atoms with van der Waals surface area (Å²) >= 11 is 5.82. The van der Waals surface area contributed by atoms with Gasteiger partial charge in [-0.15, -0.1) is 0 Å². The van der Waals surface area contributed by atoms with Gasteiger partial charge in [-0.3, -0.25) is 9.59 Å². The van der Waals surface area contributed by atoms with E-state index in [2.05, 4.69) is 5.32 Å². The van der Waals surface area contributed by atoms with Gasteiger partial charge in [0.05, 0.1) is 10.1 Å². The first kappa shape index (κ1) is 21.3. The highest BCUT2D eigenvalue weighted by Crippen LogP contribution is 2.34. The Kier molecular flexibility index (Phi) is 6.00. The number of carbonyl (C=O) groups is 2. The maximum atomic E-state index is 13.0. The SMILES string of the molecule is CC(=O)N1c2ccc(S(=O)(=O)[C@@H](C)CC(=O)Nc3ccc(Cl)cc3)cc2C[C@H]1C. The van der Waals surface area contributed by atoms with Crippen molar-refractivity contribution in [2.24, 2.45) is 0 Å². The molecule has 1 aliphatic heterocycles. The van der Waals surface area contributed by atoms with Gasteiger partial charge in [-0.05, 0) is 68.3 Å². The normalized spacial score (nSPS) is 17.0. The minimum absolute atomic E-state index is 0.0111. The van der Waals surface area contributed by atoms with Crippen LogP contribution in [0, 0.1) is 0 Å². The van der Waals surface area contributed by atoms with Gasteiger partial charge in [0, 0.05) is 35.8 Å². The lowest BCUT2D eigenvalue weighted by Crippen LogP contribution is -2.33. The van der Waals surface area contributed by atoms with Crippen LogP contribution in [0.4, 0.5) is 11.4 Å². The fourth-order valence-electron chi connectivity index (χ4n) is 3.61. The molecule has 2 atom stereocenters. The van der Waals surface area contributed by atoms with Crippen molar-refractivity contribution in [1.29, 1.82) is 0 Å². The van der Waals surface area contributed by atoms with Crippen molar-refractivity contribution in [3.8, 4) is 0 Å². The predicted molar refractivity (Wildman–Crippen MR) is 114 cm³/mol. The van der Waals surface area contributed by atoms with Crippen LogP contribution in [-0.2, 0) is 25.8 Å². The van der Waals surface area contributed by atoms with Crippen LogP contribution < -0.4 is 10.2 Å². The van der Waals surface area contributed by atoms with Crippen LogP contribution in [0.15, 0.2) is 47.4 Å². The van der Waals surface area contributed by atoms with E-state index < -0.39 is 15.1 Å². The highest BCUT2D eigenvalue weighted by molar-refractivity contribution is 7.92. The molecule has 0 spiro atoms. The Bertz CT molecular complexity index is 1050. The number of anilines is 2. The Morgan fingerprint density at radius 1 is 1.21 bits per heavy atom. The maximum absolute atomic E-state index is 13.0. The number of nitrogens with zero attached hydrogens (tertiary/aromatic N) is 1. The van der Waals surface area contributed by atoms with Gasteiger partial charge in [0.15, 0.2) is 9.84 Å². The second-order valence-corrected chi connectivity index (χ2v) is 10.2. The van der Waals surface area contributed by atoms with Crippen molar-refractivity contribution in [1.82, 2.24) is 0 Å². The summed E-state index contributed by atoms with van der Waals surface area (Å²) < 4.78 is 26.0. The number of carbonyl (C=O) groups excluding carboxylic acids is 2. The van der Waals surface area contributed by atoms with E-state index in [0.717, 1.165) is 11.3 Å². The monoisotopic (exact) mass is 434 g/mol. The average molecular weight is 435 g/mol. The number of nitrogens with one attached hydrogen (secondary N) is 1. The highest BCUT2D eigenvalue weighted by Gasteiger charge is 2.32. The summed E-state index contributed by atoms with van der Waals surface area (Å²) in [6.07, 6.45) is 0.432. The Labute approximate surface area is 175 Å². The molecule has 6 nitrogen and oxygen atoms in total. The van der Waals surface area contributed by atoms with Gasteiger partial charge in [-0.1, -0.05) is 11.6 Å². The van der Waals surface area contributed by atoms with Crippen LogP contribution in [0.25, 0.3) is 0 Å². The van der Waals surface area contributed by atoms with Crippen LogP contribution in [-0.4, -0.2) is 31.5 Å². The number of fused-ring (bicyclic) bond motifs is 1. The van der Waals surface area contributed by atoms with E-state index in [1.54, 1.807) is 41.3 Å². The fraction of sp³-hybridized carbons (Fsp3) is 0.333. The van der Waals surface area contributed by atoms with Gasteiger partial charge >= 0.3 is 0 Å². The van der Waals surface area contributed by atoms with Gasteiger partial charge < -0.3 is 10.2 Å². The van der Waals surface area contributed by atoms with Crippen molar-refractivity contribution in [3.05, 3.63) is 53.1 Å². The van der Waals surface area contributed by atoms with Crippen LogP contribution in [0.3, 0.4) is 0 Å². The smallest absolute Gasteiger partial charge is 0.225 e. The standard InChI is InChI=1S/C21H23ClN2O4S/c1-13-10-16-12-19(8-9-20(16)24(13)15(3)25)29(27,28)14(2)11-21(26)23-18-6-4-17(22)5-7-18/h4-9,12-14H,10-11H2,1-3H3,(H,23,26)/t13-,14+/m1/s1. The number of hydrogen-bond acceptors (Lipinski definition) is 4. The van der Waals surface area contributed by atoms with Crippen molar-refractivity contribution in [3.63, 3.8) is 0 Å². The average Bonchev–Trinajstić information content (AvgIpc) is 2.98. The summed E-state index contributed by atoms with van der Waals surface area (Å²) in [4.78, 5) is 26.0. The first-order valence-electron chi connectivity index (χ1n) is 9.31. The summed E-state index contributed by atoms with van der Waals surface area (Å²) in [6, 6.07) is 11.4. The molecular weight excluding hydrogens is 412 g/mol. The van der Waals surface area contributed by atoms with Crippen LogP contribution in [0.2, 0.25) is 5.02 Å². The molecular formula is C21H23ClN2O4S. The molecule has 0 saturated heterocycles. The fourth-order valence-corrected chi connectivity index (χ4v) is 5.14. The van der Waals surface area contributed by atoms with Crippen LogP contribution >= 0.6 is 11.6 Å². The van der Waals surface area contributed by atoms with E-state index in [9.17, 15) is 18.0 Å². The largest absolute Gasteiger partial charge is 0.326 e. The molecule has 0 aliphatic carbocycles. The minimum Gasteiger partial charge on any atom is -0.326 e. The number of halogens is 1. The van der Waals surface area contributed by atoms with Gasteiger partial charge in [-0.2, -0.15) is 0 Å². The molecule has 2 aromatic rings. The van der Waals surface area contributed by atoms with E-state index in [1.807, 2.05) is 6.92 Å². The maximum Gasteiger partial charge on any atom is 0.225 e. The Morgan fingerprint density at radius 3 is 2.48 bits per heavy atom. The van der Waals surface area contributed by atoms with Crippen molar-refractivity contribution >= 4 is 44.6 Å². The van der Waals surface area contributed by atoms with Crippen LogP contribution in [0.5, 0.6) is 0 Å². The number of amides is 2. The molecule has 0 aromatic heterocycles. The molecule has 29 heavy (non-hydrogen) atoms. The summed E-state index contributed by atoms with van der Waals surface area (Å²) in [6.45, 7) is 4.95. The van der Waals surface area contributed by atoms with Crippen molar-refractivity contribution < 1.29 is 18.0 Å². The van der Waals surface area contributed by atoms with Gasteiger partial charge in [-0.25, -0.2) is 8.42 Å². The molecule has 2 aromatic carbocycles. The summed E-state index contributed by atoms with van der Waals surface area (Å²) in [7, 11) is -3.70. The zero-order valence-corrected chi connectivity index (χ0v) is 18.0. The quantitative estimate of drug-likeness (QED) is 0.775. The third-order valence-electron chi connectivity index (χ3n) is 5.06. The van der Waals surface area contributed by atoms with E-state index in [4.69, 9.17) is 11.6 Å². The molecule has 2 amide bonds. The lowest BCUT2D eigenvalue weighted by Gasteiger charge is -2.20. The zero-order valence-electron chi connectivity index (χ0n) is 16.5. The lowest BCUT2D eigenvalue weighted by atomic mass is 10.1. The first-order valence-corrected chi connectivity index (χ1v) is 11.2. The van der Waals surface area contributed by atoms with Crippen LogP contribution in [0.1, 0.15) is 32.8 Å². The van der Waals surface area contributed by atoms with E-state index in [-0.39, 0.29) is 29.2 Å². The number of sulfone groups is 1. The molecule has 1 heterocycles. The molecule has 0 radical (unpaired) electrons. The van der Waals surface area contributed by atoms with Crippen molar-refractivity contribution in [2.45, 2.75) is 49.8 Å². The Hall–Kier alpha value is -2.38. The second kappa shape index (κ2) is 8.16. The lowest BCUT2D eigenvalue weighted by molar-refractivity contribution is -0.117. The first-order chi connectivity index (χ1) is 13.6. The molecule has 1 aliphatic rings. The molecule has 0 bridgehead atoms. The van der Waals surface area contributed by atoms with Gasteiger partial charge in [0.1, 0.15) is 0 Å². The predicted octanol–water partition coefficient (Wildman–Crippen LogP) is 3.83. The molecule has 0 unspecified atom stereocenters. The Balaban J connectivity index is 1.75. The van der Waals surface area contributed by atoms with E-state index >= 15 is 0 Å². The van der Waals surface area contributed by atoms with E-state index in [0.29, 0.717) is 17.1 Å². The van der Waals surface area contributed by atoms with E-state index in [1.165, 1.54) is 19.9 Å². The molecule has 0 fully saturated rings. The zero-order chi connectivity index (χ0) is 21.3.